The van der Waals surface area contributed by atoms with Gasteiger partial charge in [-0.3, -0.25) is 0 Å². The molecule has 3 atom stereocenters. The number of cyclic esters (lactones) is 1. The molecular weight excluding hydrogens is 465 g/mol. The van der Waals surface area contributed by atoms with E-state index in [1.54, 1.807) is 13.2 Å². The van der Waals surface area contributed by atoms with Crippen LogP contribution in [0.15, 0.2) is 10.6 Å². The van der Waals surface area contributed by atoms with Crippen molar-refractivity contribution >= 4 is 28.6 Å². The molecule has 1 aromatic carbocycles. The van der Waals surface area contributed by atoms with Crippen molar-refractivity contribution in [2.24, 2.45) is 0 Å². The fraction of sp³-hybridized carbons (Fsp3) is 0.652. The summed E-state index contributed by atoms with van der Waals surface area (Å²) in [5.74, 6) is -0.423. The molecule has 192 valence electrons. The van der Waals surface area contributed by atoms with E-state index >= 15 is 4.39 Å². The molecule has 1 amide bonds. The number of methoxy groups -OCH3 is 1. The highest BCUT2D eigenvalue weighted by atomic mass is 19.1. The van der Waals surface area contributed by atoms with Gasteiger partial charge >= 0.3 is 6.09 Å². The van der Waals surface area contributed by atoms with Gasteiger partial charge < -0.3 is 37.8 Å². The second-order valence-corrected chi connectivity index (χ2v) is 8.92. The molecule has 3 unspecified atom stereocenters. The van der Waals surface area contributed by atoms with E-state index in [-0.39, 0.29) is 36.8 Å². The van der Waals surface area contributed by atoms with Crippen molar-refractivity contribution < 1.29 is 42.1 Å². The van der Waals surface area contributed by atoms with E-state index in [2.05, 4.69) is 5.16 Å². The molecule has 4 heterocycles. The lowest BCUT2D eigenvalue weighted by Crippen LogP contribution is -2.46. The number of carbonyl (C=O) groups is 1. The summed E-state index contributed by atoms with van der Waals surface area (Å²) in [4.78, 5) is 15.9. The minimum Gasteiger partial charge on any atom is -0.447 e. The van der Waals surface area contributed by atoms with Crippen molar-refractivity contribution in [1.29, 1.82) is 0 Å². The van der Waals surface area contributed by atoms with E-state index in [1.807, 2.05) is 18.7 Å². The third-order valence-corrected chi connectivity index (χ3v) is 6.23. The zero-order chi connectivity index (χ0) is 24.5. The van der Waals surface area contributed by atoms with Gasteiger partial charge in [-0.15, -0.1) is 0 Å². The number of hydrogen-bond donors (Lipinski definition) is 0. The molecule has 2 aromatic rings. The number of anilines is 2. The topological polar surface area (TPSA) is 105 Å². The van der Waals surface area contributed by atoms with Crippen molar-refractivity contribution in [3.63, 3.8) is 0 Å². The van der Waals surface area contributed by atoms with E-state index in [9.17, 15) is 4.79 Å². The fourth-order valence-corrected chi connectivity index (χ4v) is 4.81. The van der Waals surface area contributed by atoms with Crippen molar-refractivity contribution in [3.05, 3.63) is 17.4 Å². The summed E-state index contributed by atoms with van der Waals surface area (Å²) in [7, 11) is 1.58. The predicted molar refractivity (Wildman–Crippen MR) is 121 cm³/mol. The Morgan fingerprint density at radius 1 is 1.17 bits per heavy atom. The Hall–Kier alpha value is -2.51. The third kappa shape index (κ3) is 4.68. The molecule has 1 aromatic heterocycles. The summed E-state index contributed by atoms with van der Waals surface area (Å²) in [6, 6.07) is 1.29. The molecule has 3 aliphatic rings. The zero-order valence-corrected chi connectivity index (χ0v) is 20.0. The van der Waals surface area contributed by atoms with Gasteiger partial charge in [0.15, 0.2) is 17.9 Å². The van der Waals surface area contributed by atoms with Gasteiger partial charge in [-0.25, -0.2) is 14.1 Å². The molecule has 0 N–H and O–H groups in total. The Bertz CT molecular complexity index is 1050. The van der Waals surface area contributed by atoms with Crippen LogP contribution in [0.2, 0.25) is 0 Å². The molecule has 0 bridgehead atoms. The first-order valence-corrected chi connectivity index (χ1v) is 11.8. The number of morpholine rings is 1. The largest absolute Gasteiger partial charge is 0.447 e. The van der Waals surface area contributed by atoms with Gasteiger partial charge in [-0.1, -0.05) is 5.16 Å². The zero-order valence-electron chi connectivity index (χ0n) is 20.0. The molecule has 12 heteroatoms. The monoisotopic (exact) mass is 495 g/mol. The number of nitrogens with zero attached hydrogens (tertiary/aromatic N) is 3. The number of fused-ring (bicyclic) bond motifs is 1. The SMILES string of the molecule is COCCOCC1COC(=O)N1c1noc2c(F)c(N3CC(C)OC(C)C3)c(C3OCCO3)cc12. The molecule has 0 radical (unpaired) electrons. The molecule has 0 aliphatic carbocycles. The normalized spacial score (nSPS) is 25.7. The van der Waals surface area contributed by atoms with Crippen LogP contribution >= 0.6 is 0 Å². The van der Waals surface area contributed by atoms with Crippen molar-refractivity contribution in [2.75, 3.05) is 69.6 Å². The first-order valence-electron chi connectivity index (χ1n) is 11.8. The fourth-order valence-electron chi connectivity index (χ4n) is 4.81. The van der Waals surface area contributed by atoms with Gasteiger partial charge in [0.25, 0.3) is 0 Å². The quantitative estimate of drug-likeness (QED) is 0.508. The van der Waals surface area contributed by atoms with Gasteiger partial charge in [-0.05, 0) is 19.9 Å². The van der Waals surface area contributed by atoms with Gasteiger partial charge in [0, 0.05) is 25.8 Å². The summed E-state index contributed by atoms with van der Waals surface area (Å²) in [5.41, 5.74) is 0.790. The summed E-state index contributed by atoms with van der Waals surface area (Å²) >= 11 is 0. The van der Waals surface area contributed by atoms with Crippen LogP contribution in [-0.2, 0) is 28.4 Å². The summed E-state index contributed by atoms with van der Waals surface area (Å²) in [6.45, 7) is 6.78. The molecule has 3 saturated heterocycles. The van der Waals surface area contributed by atoms with E-state index in [1.165, 1.54) is 4.90 Å². The summed E-state index contributed by atoms with van der Waals surface area (Å²) in [5, 5.41) is 4.40. The molecule has 3 fully saturated rings. The van der Waals surface area contributed by atoms with E-state index in [0.717, 1.165) is 0 Å². The second kappa shape index (κ2) is 10.2. The van der Waals surface area contributed by atoms with Crippen LogP contribution in [0.1, 0.15) is 25.7 Å². The van der Waals surface area contributed by atoms with E-state index in [0.29, 0.717) is 56.2 Å². The highest BCUT2D eigenvalue weighted by Gasteiger charge is 2.40. The lowest BCUT2D eigenvalue weighted by molar-refractivity contribution is -0.0445. The Morgan fingerprint density at radius 3 is 2.63 bits per heavy atom. The second-order valence-electron chi connectivity index (χ2n) is 8.92. The van der Waals surface area contributed by atoms with Crippen molar-refractivity contribution in [3.8, 4) is 0 Å². The Balaban J connectivity index is 1.55. The van der Waals surface area contributed by atoms with Gasteiger partial charge in [0.1, 0.15) is 6.61 Å². The Morgan fingerprint density at radius 2 is 1.91 bits per heavy atom. The van der Waals surface area contributed by atoms with Gasteiger partial charge in [0.05, 0.1) is 62.4 Å². The average Bonchev–Trinajstić information content (AvgIpc) is 3.56. The van der Waals surface area contributed by atoms with Crippen LogP contribution in [0.3, 0.4) is 0 Å². The molecule has 0 saturated carbocycles. The highest BCUT2D eigenvalue weighted by Crippen LogP contribution is 2.42. The lowest BCUT2D eigenvalue weighted by atomic mass is 10.0. The minimum absolute atomic E-state index is 0.0534. The van der Waals surface area contributed by atoms with Crippen LogP contribution in [0.25, 0.3) is 11.0 Å². The predicted octanol–water partition coefficient (Wildman–Crippen LogP) is 2.61. The highest BCUT2D eigenvalue weighted by molar-refractivity contribution is 6.01. The minimum atomic E-state index is -0.751. The summed E-state index contributed by atoms with van der Waals surface area (Å²) < 4.78 is 54.7. The number of halogens is 1. The van der Waals surface area contributed by atoms with Crippen LogP contribution in [0.5, 0.6) is 0 Å². The molecular formula is C23H30FN3O8. The molecule has 3 aliphatic heterocycles. The summed E-state index contributed by atoms with van der Waals surface area (Å²) in [6.07, 6.45) is -1.53. The van der Waals surface area contributed by atoms with E-state index < -0.39 is 24.2 Å². The molecule has 35 heavy (non-hydrogen) atoms. The Labute approximate surface area is 201 Å². The number of rotatable bonds is 8. The standard InChI is InChI=1S/C23H30FN3O8/c1-13-9-26(10-14(2)34-13)19-16(22-31-6-7-32-22)8-17-20(18(19)24)35-25-21(17)27-15(12-33-23(27)28)11-30-5-4-29-3/h8,13-15,22H,4-7,9-12H2,1-3H3. The third-order valence-electron chi connectivity index (χ3n) is 6.23. The van der Waals surface area contributed by atoms with Crippen LogP contribution in [0, 0.1) is 5.82 Å². The van der Waals surface area contributed by atoms with Crippen LogP contribution < -0.4 is 9.80 Å². The number of carbonyl (C=O) groups excluding carboxylic acids is 1. The van der Waals surface area contributed by atoms with E-state index in [4.69, 9.17) is 32.9 Å². The first-order chi connectivity index (χ1) is 17.0. The molecule has 11 nitrogen and oxygen atoms in total. The smallest absolute Gasteiger partial charge is 0.416 e. The lowest BCUT2D eigenvalue weighted by Gasteiger charge is -2.38. The average molecular weight is 496 g/mol. The number of amides is 1. The van der Waals surface area contributed by atoms with Crippen LogP contribution in [-0.4, -0.2) is 89.3 Å². The van der Waals surface area contributed by atoms with Gasteiger partial charge in [-0.2, -0.15) is 0 Å². The maximum Gasteiger partial charge on any atom is 0.416 e. The number of aromatic nitrogens is 1. The number of benzene rings is 1. The first kappa shape index (κ1) is 24.2. The van der Waals surface area contributed by atoms with Gasteiger partial charge in [0.2, 0.25) is 5.58 Å². The maximum atomic E-state index is 16.1. The number of ether oxygens (including phenoxy) is 6. The maximum absolute atomic E-state index is 16.1. The van der Waals surface area contributed by atoms with Crippen molar-refractivity contribution in [2.45, 2.75) is 38.4 Å². The molecule has 5 rings (SSSR count). The van der Waals surface area contributed by atoms with Crippen molar-refractivity contribution in [1.82, 2.24) is 5.16 Å². The Kier molecular flexibility index (Phi) is 7.07. The number of hydrogen-bond acceptors (Lipinski definition) is 10. The molecule has 0 spiro atoms. The van der Waals surface area contributed by atoms with Crippen LogP contribution in [0.4, 0.5) is 20.7 Å².